The smallest absolute Gasteiger partial charge is 0.211 e. The maximum absolute atomic E-state index is 10.6. The van der Waals surface area contributed by atoms with Crippen molar-refractivity contribution in [3.63, 3.8) is 0 Å². The maximum Gasteiger partial charge on any atom is 0.211 e. The fourth-order valence-electron chi connectivity index (χ4n) is 3.28. The van der Waals surface area contributed by atoms with E-state index in [9.17, 15) is 15.0 Å². The highest BCUT2D eigenvalue weighted by molar-refractivity contribution is 5.75. The maximum atomic E-state index is 10.6. The van der Waals surface area contributed by atoms with Crippen LogP contribution in [-0.2, 0) is 11.2 Å². The predicted octanol–water partition coefficient (Wildman–Crippen LogP) is 3.67. The van der Waals surface area contributed by atoms with Gasteiger partial charge in [-0.3, -0.25) is 4.79 Å². The number of phenols is 1. The monoisotopic (exact) mass is 450 g/mol. The van der Waals surface area contributed by atoms with Gasteiger partial charge in [0.05, 0.1) is 25.0 Å². The number of hydrogen-bond acceptors (Lipinski definition) is 6. The van der Waals surface area contributed by atoms with Gasteiger partial charge >= 0.3 is 0 Å². The van der Waals surface area contributed by atoms with E-state index < -0.39 is 6.10 Å². The number of amides is 1. The van der Waals surface area contributed by atoms with Crippen LogP contribution < -0.4 is 20.1 Å². The summed E-state index contributed by atoms with van der Waals surface area (Å²) in [6, 6.07) is 22.3. The van der Waals surface area contributed by atoms with E-state index in [0.717, 1.165) is 29.9 Å². The van der Waals surface area contributed by atoms with E-state index in [-0.39, 0.29) is 11.4 Å². The Bertz CT molecular complexity index is 997. The summed E-state index contributed by atoms with van der Waals surface area (Å²) in [5.41, 5.74) is 2.01. The Morgan fingerprint density at radius 2 is 1.67 bits per heavy atom. The normalized spacial score (nSPS) is 11.5. The van der Waals surface area contributed by atoms with E-state index in [1.54, 1.807) is 12.1 Å². The molecule has 7 heteroatoms. The Balaban J connectivity index is 1.35. The molecular formula is C26H30N2O5. The molecule has 0 spiro atoms. The number of ether oxygens (including phenoxy) is 2. The number of aliphatic hydroxyl groups excluding tert-OH is 1. The molecule has 0 fully saturated rings. The SMILES string of the molecule is O=CNc1cc([C@@H](O)CNCCc2cccc(OCCCOc3ccccc3)c2)ccc1O. The molecule has 1 amide bonds. The summed E-state index contributed by atoms with van der Waals surface area (Å²) in [5.74, 6) is 1.64. The molecule has 0 unspecified atom stereocenters. The average Bonchev–Trinajstić information content (AvgIpc) is 2.84. The van der Waals surface area contributed by atoms with Crippen molar-refractivity contribution in [3.05, 3.63) is 83.9 Å². The van der Waals surface area contributed by atoms with E-state index in [4.69, 9.17) is 9.47 Å². The van der Waals surface area contributed by atoms with Crippen LogP contribution in [0, 0.1) is 0 Å². The lowest BCUT2D eigenvalue weighted by Crippen LogP contribution is -2.23. The van der Waals surface area contributed by atoms with Crippen molar-refractivity contribution in [1.29, 1.82) is 0 Å². The summed E-state index contributed by atoms with van der Waals surface area (Å²) < 4.78 is 11.5. The number of carbonyl (C=O) groups excluding carboxylic acids is 1. The number of nitrogens with one attached hydrogen (secondary N) is 2. The molecule has 0 aliphatic rings. The molecule has 1 atom stereocenters. The molecule has 4 N–H and O–H groups in total. The minimum atomic E-state index is -0.759. The van der Waals surface area contributed by atoms with Crippen LogP contribution in [0.4, 0.5) is 5.69 Å². The number of hydrogen-bond donors (Lipinski definition) is 4. The predicted molar refractivity (Wildman–Crippen MR) is 128 cm³/mol. The van der Waals surface area contributed by atoms with Gasteiger partial charge in [-0.05, 0) is 60.5 Å². The lowest BCUT2D eigenvalue weighted by atomic mass is 10.1. The number of aliphatic hydroxyl groups is 1. The Morgan fingerprint density at radius 1 is 0.909 bits per heavy atom. The van der Waals surface area contributed by atoms with Crippen LogP contribution in [0.15, 0.2) is 72.8 Å². The van der Waals surface area contributed by atoms with Gasteiger partial charge in [-0.25, -0.2) is 0 Å². The van der Waals surface area contributed by atoms with Crippen LogP contribution in [0.25, 0.3) is 0 Å². The summed E-state index contributed by atoms with van der Waals surface area (Å²) in [6.45, 7) is 2.21. The third-order valence-electron chi connectivity index (χ3n) is 5.02. The first-order valence-electron chi connectivity index (χ1n) is 11.0. The van der Waals surface area contributed by atoms with Crippen LogP contribution in [0.3, 0.4) is 0 Å². The minimum absolute atomic E-state index is 0.0446. The van der Waals surface area contributed by atoms with E-state index in [0.29, 0.717) is 38.3 Å². The standard InChI is InChI=1S/C26H30N2O5/c29-19-28-24-17-21(10-11-25(24)30)26(31)18-27-13-12-20-6-4-9-23(16-20)33-15-5-14-32-22-7-2-1-3-8-22/h1-4,6-11,16-17,19,26-27,30-31H,5,12-15,18H2,(H,28,29)/t26-/m0/s1. The Kier molecular flexibility index (Phi) is 9.57. The molecular weight excluding hydrogens is 420 g/mol. The number of carbonyl (C=O) groups is 1. The van der Waals surface area contributed by atoms with E-state index in [2.05, 4.69) is 10.6 Å². The van der Waals surface area contributed by atoms with Gasteiger partial charge in [0.1, 0.15) is 17.2 Å². The molecule has 33 heavy (non-hydrogen) atoms. The number of anilines is 1. The van der Waals surface area contributed by atoms with E-state index >= 15 is 0 Å². The number of rotatable bonds is 14. The van der Waals surface area contributed by atoms with Gasteiger partial charge in [0.25, 0.3) is 0 Å². The highest BCUT2D eigenvalue weighted by Crippen LogP contribution is 2.26. The van der Waals surface area contributed by atoms with Crippen LogP contribution in [0.1, 0.15) is 23.7 Å². The summed E-state index contributed by atoms with van der Waals surface area (Å²) in [7, 11) is 0. The van der Waals surface area contributed by atoms with Gasteiger partial charge in [0, 0.05) is 13.0 Å². The van der Waals surface area contributed by atoms with Crippen molar-refractivity contribution in [2.75, 3.05) is 31.6 Å². The summed E-state index contributed by atoms with van der Waals surface area (Å²) in [4.78, 5) is 10.6. The second-order valence-corrected chi connectivity index (χ2v) is 7.52. The van der Waals surface area contributed by atoms with Gasteiger partial charge in [-0.2, -0.15) is 0 Å². The molecule has 0 aliphatic heterocycles. The molecule has 0 heterocycles. The number of para-hydroxylation sites is 1. The molecule has 0 bridgehead atoms. The van der Waals surface area contributed by atoms with Crippen LogP contribution in [0.5, 0.6) is 17.2 Å². The minimum Gasteiger partial charge on any atom is -0.506 e. The molecule has 7 nitrogen and oxygen atoms in total. The van der Waals surface area contributed by atoms with Crippen molar-refractivity contribution in [2.24, 2.45) is 0 Å². The van der Waals surface area contributed by atoms with Gasteiger partial charge in [-0.15, -0.1) is 0 Å². The lowest BCUT2D eigenvalue weighted by Gasteiger charge is -2.14. The molecule has 0 radical (unpaired) electrons. The second kappa shape index (κ2) is 13.1. The number of phenolic OH excluding ortho intramolecular Hbond substituents is 1. The topological polar surface area (TPSA) is 100 Å². The third-order valence-corrected chi connectivity index (χ3v) is 5.02. The Morgan fingerprint density at radius 3 is 2.45 bits per heavy atom. The lowest BCUT2D eigenvalue weighted by molar-refractivity contribution is -0.105. The highest BCUT2D eigenvalue weighted by Gasteiger charge is 2.10. The zero-order valence-electron chi connectivity index (χ0n) is 18.4. The third kappa shape index (κ3) is 8.14. The summed E-state index contributed by atoms with van der Waals surface area (Å²) in [5, 5.41) is 25.7. The van der Waals surface area contributed by atoms with Gasteiger partial charge in [0.2, 0.25) is 6.41 Å². The zero-order valence-corrected chi connectivity index (χ0v) is 18.4. The van der Waals surface area contributed by atoms with Crippen molar-refractivity contribution in [2.45, 2.75) is 18.9 Å². The van der Waals surface area contributed by atoms with Gasteiger partial charge in [-0.1, -0.05) is 36.4 Å². The molecule has 0 aliphatic carbocycles. The molecule has 3 aromatic rings. The fourth-order valence-corrected chi connectivity index (χ4v) is 3.28. The Labute approximate surface area is 194 Å². The van der Waals surface area contributed by atoms with Gasteiger partial charge < -0.3 is 30.3 Å². The highest BCUT2D eigenvalue weighted by atomic mass is 16.5. The van der Waals surface area contributed by atoms with Crippen LogP contribution in [-0.4, -0.2) is 42.9 Å². The van der Waals surface area contributed by atoms with Crippen molar-refractivity contribution < 1.29 is 24.5 Å². The first-order valence-corrected chi connectivity index (χ1v) is 11.0. The first-order chi connectivity index (χ1) is 16.2. The molecule has 0 saturated carbocycles. The largest absolute Gasteiger partial charge is 0.506 e. The molecule has 3 aromatic carbocycles. The van der Waals surface area contributed by atoms with Crippen molar-refractivity contribution >= 4 is 12.1 Å². The van der Waals surface area contributed by atoms with Gasteiger partial charge in [0.15, 0.2) is 0 Å². The first kappa shape index (κ1) is 24.1. The van der Waals surface area contributed by atoms with Crippen LogP contribution >= 0.6 is 0 Å². The van der Waals surface area contributed by atoms with Crippen molar-refractivity contribution in [1.82, 2.24) is 5.32 Å². The van der Waals surface area contributed by atoms with E-state index in [1.165, 1.54) is 6.07 Å². The Hall–Kier alpha value is -3.55. The molecule has 3 rings (SSSR count). The summed E-state index contributed by atoms with van der Waals surface area (Å²) >= 11 is 0. The molecule has 0 aromatic heterocycles. The zero-order chi connectivity index (χ0) is 23.3. The van der Waals surface area contributed by atoms with Crippen molar-refractivity contribution in [3.8, 4) is 17.2 Å². The average molecular weight is 451 g/mol. The summed E-state index contributed by atoms with van der Waals surface area (Å²) in [6.07, 6.45) is 1.31. The van der Waals surface area contributed by atoms with Crippen LogP contribution in [0.2, 0.25) is 0 Å². The fraction of sp³-hybridized carbons (Fsp3) is 0.269. The number of aromatic hydroxyl groups is 1. The quantitative estimate of drug-likeness (QED) is 0.170. The second-order valence-electron chi connectivity index (χ2n) is 7.52. The van der Waals surface area contributed by atoms with E-state index in [1.807, 2.05) is 54.6 Å². The molecule has 174 valence electrons. The number of benzene rings is 3. The molecule has 0 saturated heterocycles.